The Labute approximate surface area is 197 Å². The summed E-state index contributed by atoms with van der Waals surface area (Å²) in [6.07, 6.45) is 2.38. The SMILES string of the molecule is Cl.O=C(NCC1CCCCN1)c1cc(OCC(F)(F)F)ccc1OC/C=C/c1ccccc1. The molecule has 0 spiro atoms. The lowest BCUT2D eigenvalue weighted by molar-refractivity contribution is -0.153. The number of ether oxygens (including phenoxy) is 2. The smallest absolute Gasteiger partial charge is 0.422 e. The summed E-state index contributed by atoms with van der Waals surface area (Å²) in [5, 5.41) is 6.19. The standard InChI is InChI=1S/C24H27F3N2O3.ClH/c25-24(26,27)17-32-20-11-12-22(31-14-6-9-18-7-2-1-3-8-18)21(15-20)23(30)29-16-19-10-4-5-13-28-19;/h1-3,6-9,11-12,15,19,28H,4-5,10,13-14,16-17H2,(H,29,30);1H/b9-6+;. The number of amides is 1. The van der Waals surface area contributed by atoms with E-state index in [9.17, 15) is 18.0 Å². The molecule has 3 rings (SSSR count). The Kier molecular flexibility index (Phi) is 10.5. The molecule has 1 aliphatic heterocycles. The Morgan fingerprint density at radius 3 is 2.61 bits per heavy atom. The summed E-state index contributed by atoms with van der Waals surface area (Å²) < 4.78 is 48.1. The van der Waals surface area contributed by atoms with E-state index in [0.29, 0.717) is 6.54 Å². The molecule has 1 heterocycles. The van der Waals surface area contributed by atoms with Gasteiger partial charge >= 0.3 is 6.18 Å². The highest BCUT2D eigenvalue weighted by Gasteiger charge is 2.28. The van der Waals surface area contributed by atoms with Crippen molar-refractivity contribution in [2.75, 3.05) is 26.3 Å². The van der Waals surface area contributed by atoms with E-state index in [4.69, 9.17) is 9.47 Å². The third-order valence-corrected chi connectivity index (χ3v) is 4.96. The minimum atomic E-state index is -4.47. The number of alkyl halides is 3. The largest absolute Gasteiger partial charge is 0.489 e. The highest BCUT2D eigenvalue weighted by atomic mass is 35.5. The van der Waals surface area contributed by atoms with Crippen molar-refractivity contribution in [3.63, 3.8) is 0 Å². The highest BCUT2D eigenvalue weighted by Crippen LogP contribution is 2.26. The summed E-state index contributed by atoms with van der Waals surface area (Å²) in [7, 11) is 0. The van der Waals surface area contributed by atoms with Gasteiger partial charge in [0.15, 0.2) is 6.61 Å². The number of halogens is 4. The second kappa shape index (κ2) is 13.1. The van der Waals surface area contributed by atoms with Crippen LogP contribution in [-0.2, 0) is 0 Å². The molecule has 1 saturated heterocycles. The van der Waals surface area contributed by atoms with Crippen molar-refractivity contribution in [3.05, 3.63) is 65.7 Å². The molecule has 1 atom stereocenters. The van der Waals surface area contributed by atoms with Crippen LogP contribution in [0.1, 0.15) is 35.2 Å². The predicted molar refractivity (Wildman–Crippen MR) is 124 cm³/mol. The number of nitrogens with one attached hydrogen (secondary N) is 2. The van der Waals surface area contributed by atoms with E-state index >= 15 is 0 Å². The Balaban J connectivity index is 0.00000385. The summed E-state index contributed by atoms with van der Waals surface area (Å²) in [5.74, 6) is -0.191. The number of benzene rings is 2. The van der Waals surface area contributed by atoms with Crippen LogP contribution in [0.4, 0.5) is 13.2 Å². The maximum Gasteiger partial charge on any atom is 0.422 e. The van der Waals surface area contributed by atoms with Crippen molar-refractivity contribution < 1.29 is 27.4 Å². The van der Waals surface area contributed by atoms with E-state index in [0.717, 1.165) is 31.4 Å². The van der Waals surface area contributed by atoms with E-state index in [1.165, 1.54) is 18.2 Å². The lowest BCUT2D eigenvalue weighted by Gasteiger charge is -2.23. The average molecular weight is 485 g/mol. The van der Waals surface area contributed by atoms with Gasteiger partial charge in [-0.15, -0.1) is 12.4 Å². The zero-order chi connectivity index (χ0) is 22.8. The highest BCUT2D eigenvalue weighted by molar-refractivity contribution is 5.97. The van der Waals surface area contributed by atoms with Crippen molar-refractivity contribution in [1.29, 1.82) is 0 Å². The fourth-order valence-electron chi connectivity index (χ4n) is 3.36. The summed E-state index contributed by atoms with van der Waals surface area (Å²) in [5.41, 5.74) is 1.14. The fourth-order valence-corrected chi connectivity index (χ4v) is 3.36. The maximum atomic E-state index is 12.8. The summed E-state index contributed by atoms with van der Waals surface area (Å²) in [4.78, 5) is 12.8. The van der Waals surface area contributed by atoms with Gasteiger partial charge < -0.3 is 20.1 Å². The molecule has 0 aromatic heterocycles. The summed E-state index contributed by atoms with van der Waals surface area (Å²) in [6.45, 7) is 0.103. The first-order valence-electron chi connectivity index (χ1n) is 10.6. The van der Waals surface area contributed by atoms with E-state index < -0.39 is 18.7 Å². The van der Waals surface area contributed by atoms with Crippen molar-refractivity contribution in [1.82, 2.24) is 10.6 Å². The minimum absolute atomic E-state index is 0. The average Bonchev–Trinajstić information content (AvgIpc) is 2.80. The second-order valence-electron chi connectivity index (χ2n) is 7.54. The van der Waals surface area contributed by atoms with Crippen molar-refractivity contribution in [3.8, 4) is 11.5 Å². The van der Waals surface area contributed by atoms with E-state index in [1.807, 2.05) is 36.4 Å². The van der Waals surface area contributed by atoms with Crippen molar-refractivity contribution in [2.24, 2.45) is 0 Å². The topological polar surface area (TPSA) is 59.6 Å². The molecule has 180 valence electrons. The molecule has 5 nitrogen and oxygen atoms in total. The number of rotatable bonds is 9. The number of hydrogen-bond acceptors (Lipinski definition) is 4. The summed E-state index contributed by atoms with van der Waals surface area (Å²) >= 11 is 0. The fraction of sp³-hybridized carbons (Fsp3) is 0.375. The van der Waals surface area contributed by atoms with Crippen LogP contribution in [0.25, 0.3) is 6.08 Å². The Hall–Kier alpha value is -2.71. The molecule has 1 aliphatic rings. The van der Waals surface area contributed by atoms with Crippen molar-refractivity contribution >= 4 is 24.4 Å². The van der Waals surface area contributed by atoms with Gasteiger partial charge in [0.25, 0.3) is 5.91 Å². The van der Waals surface area contributed by atoms with Gasteiger partial charge in [-0.1, -0.05) is 42.8 Å². The van der Waals surface area contributed by atoms with Crippen LogP contribution in [0.3, 0.4) is 0 Å². The van der Waals surface area contributed by atoms with E-state index in [1.54, 1.807) is 6.08 Å². The van der Waals surface area contributed by atoms with Gasteiger partial charge in [-0.3, -0.25) is 4.79 Å². The number of carbonyl (C=O) groups is 1. The molecule has 2 aromatic rings. The molecule has 1 fully saturated rings. The third-order valence-electron chi connectivity index (χ3n) is 4.96. The van der Waals surface area contributed by atoms with Crippen LogP contribution >= 0.6 is 12.4 Å². The van der Waals surface area contributed by atoms with Crippen LogP contribution < -0.4 is 20.1 Å². The van der Waals surface area contributed by atoms with Gasteiger partial charge in [-0.2, -0.15) is 13.2 Å². The molecular weight excluding hydrogens is 457 g/mol. The molecule has 1 unspecified atom stereocenters. The summed E-state index contributed by atoms with van der Waals surface area (Å²) in [6, 6.07) is 13.9. The van der Waals surface area contributed by atoms with Gasteiger partial charge in [0.1, 0.15) is 18.1 Å². The third kappa shape index (κ3) is 9.35. The molecule has 9 heteroatoms. The predicted octanol–water partition coefficient (Wildman–Crippen LogP) is 5.01. The molecular formula is C24H28ClF3N2O3. The Morgan fingerprint density at radius 2 is 1.91 bits per heavy atom. The minimum Gasteiger partial charge on any atom is -0.489 e. The molecule has 1 amide bonds. The monoisotopic (exact) mass is 484 g/mol. The van der Waals surface area contributed by atoms with Crippen LogP contribution in [-0.4, -0.2) is 44.4 Å². The molecule has 0 bridgehead atoms. The zero-order valence-corrected chi connectivity index (χ0v) is 18.9. The van der Waals surface area contributed by atoms with Crippen LogP contribution in [0, 0.1) is 0 Å². The lowest BCUT2D eigenvalue weighted by atomic mass is 10.0. The number of carbonyl (C=O) groups excluding carboxylic acids is 1. The first-order chi connectivity index (χ1) is 15.4. The van der Waals surface area contributed by atoms with Gasteiger partial charge in [0.05, 0.1) is 5.56 Å². The molecule has 33 heavy (non-hydrogen) atoms. The second-order valence-corrected chi connectivity index (χ2v) is 7.54. The van der Waals surface area contributed by atoms with E-state index in [2.05, 4.69) is 10.6 Å². The number of hydrogen-bond donors (Lipinski definition) is 2. The van der Waals surface area contributed by atoms with Crippen LogP contribution in [0.5, 0.6) is 11.5 Å². The number of piperidine rings is 1. The quantitative estimate of drug-likeness (QED) is 0.525. The van der Waals surface area contributed by atoms with Gasteiger partial charge in [0.2, 0.25) is 0 Å². The van der Waals surface area contributed by atoms with Crippen molar-refractivity contribution in [2.45, 2.75) is 31.5 Å². The molecule has 2 aromatic carbocycles. The van der Waals surface area contributed by atoms with Crippen LogP contribution in [0.2, 0.25) is 0 Å². The zero-order valence-electron chi connectivity index (χ0n) is 18.1. The van der Waals surface area contributed by atoms with Gasteiger partial charge in [0, 0.05) is 12.6 Å². The normalized spacial score (nSPS) is 16.2. The molecule has 2 N–H and O–H groups in total. The molecule has 0 aliphatic carbocycles. The first-order valence-corrected chi connectivity index (χ1v) is 10.6. The Bertz CT molecular complexity index is 902. The van der Waals surface area contributed by atoms with Crippen LogP contribution in [0.15, 0.2) is 54.6 Å². The van der Waals surface area contributed by atoms with Gasteiger partial charge in [-0.25, -0.2) is 0 Å². The van der Waals surface area contributed by atoms with E-state index in [-0.39, 0.29) is 42.1 Å². The lowest BCUT2D eigenvalue weighted by Crippen LogP contribution is -2.43. The first kappa shape index (κ1) is 26.5. The van der Waals surface area contributed by atoms with Gasteiger partial charge in [-0.05, 0) is 49.2 Å². The maximum absolute atomic E-state index is 12.8. The molecule has 0 radical (unpaired) electrons. The molecule has 0 saturated carbocycles. The Morgan fingerprint density at radius 1 is 1.12 bits per heavy atom.